The van der Waals surface area contributed by atoms with E-state index in [4.69, 9.17) is 6.42 Å². The van der Waals surface area contributed by atoms with Crippen LogP contribution in [0.15, 0.2) is 24.3 Å². The highest BCUT2D eigenvalue weighted by molar-refractivity contribution is 5.87. The van der Waals surface area contributed by atoms with Crippen LogP contribution in [-0.4, -0.2) is 11.9 Å². The molecule has 1 amide bonds. The van der Waals surface area contributed by atoms with E-state index >= 15 is 0 Å². The summed E-state index contributed by atoms with van der Waals surface area (Å²) in [6.45, 7) is 2.06. The lowest BCUT2D eigenvalue weighted by molar-refractivity contribution is -0.123. The average molecular weight is 227 g/mol. The monoisotopic (exact) mass is 227 g/mol. The van der Waals surface area contributed by atoms with E-state index in [0.29, 0.717) is 0 Å². The number of carbonyl (C=O) groups excluding carboxylic acids is 1. The molecule has 1 aromatic rings. The molecule has 0 heterocycles. The van der Waals surface area contributed by atoms with Gasteiger partial charge in [-0.25, -0.2) is 0 Å². The van der Waals surface area contributed by atoms with E-state index in [1.807, 2.05) is 18.2 Å². The van der Waals surface area contributed by atoms with E-state index in [-0.39, 0.29) is 17.9 Å². The largest absolute Gasteiger partial charge is 0.342 e. The number of carbonyl (C=O) groups is 1. The van der Waals surface area contributed by atoms with Crippen molar-refractivity contribution in [2.24, 2.45) is 0 Å². The Labute approximate surface area is 102 Å². The average Bonchev–Trinajstić information content (AvgIpc) is 2.30. The van der Waals surface area contributed by atoms with Crippen LogP contribution in [0.4, 0.5) is 0 Å². The SMILES string of the molecule is C#CC(CCC)NC(=O)C1Cc2ccccc21. The fourth-order valence-electron chi connectivity index (χ4n) is 2.25. The fourth-order valence-corrected chi connectivity index (χ4v) is 2.25. The lowest BCUT2D eigenvalue weighted by Crippen LogP contribution is -2.40. The third-order valence-electron chi connectivity index (χ3n) is 3.27. The Balaban J connectivity index is 1.98. The van der Waals surface area contributed by atoms with Gasteiger partial charge in [0.15, 0.2) is 0 Å². The van der Waals surface area contributed by atoms with Crippen LogP contribution in [0.25, 0.3) is 0 Å². The first-order valence-corrected chi connectivity index (χ1v) is 6.10. The van der Waals surface area contributed by atoms with Gasteiger partial charge in [0.25, 0.3) is 0 Å². The van der Waals surface area contributed by atoms with Crippen molar-refractivity contribution in [3.63, 3.8) is 0 Å². The molecule has 0 aromatic heterocycles. The van der Waals surface area contributed by atoms with Crippen molar-refractivity contribution >= 4 is 5.91 Å². The molecule has 2 nitrogen and oxygen atoms in total. The molecular formula is C15H17NO. The molecule has 1 N–H and O–H groups in total. The molecule has 1 aliphatic carbocycles. The van der Waals surface area contributed by atoms with Gasteiger partial charge in [-0.3, -0.25) is 4.79 Å². The molecule has 2 atom stereocenters. The molecule has 2 rings (SSSR count). The molecule has 0 saturated heterocycles. The molecule has 1 aromatic carbocycles. The Morgan fingerprint density at radius 2 is 2.35 bits per heavy atom. The number of amides is 1. The third-order valence-corrected chi connectivity index (χ3v) is 3.27. The number of fused-ring (bicyclic) bond motifs is 1. The van der Waals surface area contributed by atoms with Gasteiger partial charge < -0.3 is 5.32 Å². The normalized spacial score (nSPS) is 18.5. The van der Waals surface area contributed by atoms with Crippen molar-refractivity contribution in [1.29, 1.82) is 0 Å². The number of nitrogens with one attached hydrogen (secondary N) is 1. The Morgan fingerprint density at radius 1 is 1.59 bits per heavy atom. The van der Waals surface area contributed by atoms with Crippen molar-refractivity contribution < 1.29 is 4.79 Å². The van der Waals surface area contributed by atoms with Gasteiger partial charge in [-0.05, 0) is 24.0 Å². The highest BCUT2D eigenvalue weighted by atomic mass is 16.2. The zero-order valence-electron chi connectivity index (χ0n) is 10.1. The molecule has 2 heteroatoms. The molecular weight excluding hydrogens is 210 g/mol. The zero-order valence-corrected chi connectivity index (χ0v) is 10.1. The lowest BCUT2D eigenvalue weighted by atomic mass is 9.77. The van der Waals surface area contributed by atoms with E-state index in [1.54, 1.807) is 0 Å². The van der Waals surface area contributed by atoms with Crippen LogP contribution in [0.5, 0.6) is 0 Å². The van der Waals surface area contributed by atoms with Crippen molar-refractivity contribution in [2.75, 3.05) is 0 Å². The van der Waals surface area contributed by atoms with Gasteiger partial charge in [0.05, 0.1) is 12.0 Å². The van der Waals surface area contributed by atoms with Crippen LogP contribution in [0, 0.1) is 12.3 Å². The van der Waals surface area contributed by atoms with Gasteiger partial charge in [-0.2, -0.15) is 0 Å². The van der Waals surface area contributed by atoms with Crippen molar-refractivity contribution in [1.82, 2.24) is 5.32 Å². The van der Waals surface area contributed by atoms with Crippen LogP contribution in [0.1, 0.15) is 36.8 Å². The third kappa shape index (κ3) is 2.34. The molecule has 0 saturated carbocycles. The second-order valence-electron chi connectivity index (χ2n) is 4.47. The summed E-state index contributed by atoms with van der Waals surface area (Å²) in [6.07, 6.45) is 8.06. The van der Waals surface area contributed by atoms with Gasteiger partial charge in [0, 0.05) is 0 Å². The minimum atomic E-state index is -0.125. The first kappa shape index (κ1) is 11.7. The highest BCUT2D eigenvalue weighted by Gasteiger charge is 2.32. The predicted molar refractivity (Wildman–Crippen MR) is 68.6 cm³/mol. The summed E-state index contributed by atoms with van der Waals surface area (Å²) < 4.78 is 0. The van der Waals surface area contributed by atoms with E-state index in [2.05, 4.69) is 24.2 Å². The zero-order chi connectivity index (χ0) is 12.3. The number of benzene rings is 1. The Kier molecular flexibility index (Phi) is 3.49. The summed E-state index contributed by atoms with van der Waals surface area (Å²) in [5, 5.41) is 2.94. The molecule has 0 aliphatic heterocycles. The van der Waals surface area contributed by atoms with Crippen LogP contribution < -0.4 is 5.32 Å². The number of rotatable bonds is 4. The number of terminal acetylenes is 1. The van der Waals surface area contributed by atoms with Crippen LogP contribution in [0.2, 0.25) is 0 Å². The molecule has 1 aliphatic rings. The molecule has 0 spiro atoms. The Morgan fingerprint density at radius 3 is 3.00 bits per heavy atom. The number of hydrogen-bond donors (Lipinski definition) is 1. The maximum absolute atomic E-state index is 12.0. The lowest BCUT2D eigenvalue weighted by Gasteiger charge is -2.29. The predicted octanol–water partition coefficient (Wildman–Crippen LogP) is 2.24. The van der Waals surface area contributed by atoms with Crippen LogP contribution in [-0.2, 0) is 11.2 Å². The van der Waals surface area contributed by atoms with Crippen LogP contribution >= 0.6 is 0 Å². The summed E-state index contributed by atoms with van der Waals surface area (Å²) in [7, 11) is 0. The molecule has 2 unspecified atom stereocenters. The Hall–Kier alpha value is -1.75. The molecule has 88 valence electrons. The van der Waals surface area contributed by atoms with Crippen molar-refractivity contribution in [2.45, 2.75) is 38.1 Å². The first-order valence-electron chi connectivity index (χ1n) is 6.10. The molecule has 0 bridgehead atoms. The van der Waals surface area contributed by atoms with Gasteiger partial charge in [-0.1, -0.05) is 43.5 Å². The minimum absolute atomic E-state index is 0.00101. The summed E-state index contributed by atoms with van der Waals surface area (Å²) in [4.78, 5) is 12.0. The van der Waals surface area contributed by atoms with E-state index < -0.39 is 0 Å². The second kappa shape index (κ2) is 5.05. The molecule has 0 fully saturated rings. The fraction of sp³-hybridized carbons (Fsp3) is 0.400. The topological polar surface area (TPSA) is 29.1 Å². The van der Waals surface area contributed by atoms with Gasteiger partial charge >= 0.3 is 0 Å². The molecule has 17 heavy (non-hydrogen) atoms. The maximum Gasteiger partial charge on any atom is 0.228 e. The maximum atomic E-state index is 12.0. The first-order chi connectivity index (χ1) is 8.26. The van der Waals surface area contributed by atoms with Gasteiger partial charge in [-0.15, -0.1) is 6.42 Å². The molecule has 0 radical (unpaired) electrons. The minimum Gasteiger partial charge on any atom is -0.342 e. The van der Waals surface area contributed by atoms with Crippen molar-refractivity contribution in [3.05, 3.63) is 35.4 Å². The van der Waals surface area contributed by atoms with E-state index in [9.17, 15) is 4.79 Å². The van der Waals surface area contributed by atoms with Gasteiger partial charge in [0.1, 0.15) is 0 Å². The summed E-state index contributed by atoms with van der Waals surface area (Å²) in [5.41, 5.74) is 2.43. The number of hydrogen-bond acceptors (Lipinski definition) is 1. The van der Waals surface area contributed by atoms with E-state index in [0.717, 1.165) is 24.8 Å². The standard InChI is InChI=1S/C15H17NO/c1-3-7-12(4-2)16-15(17)14-10-11-8-5-6-9-13(11)14/h2,5-6,8-9,12,14H,3,7,10H2,1H3,(H,16,17). The summed E-state index contributed by atoms with van der Waals surface area (Å²) >= 11 is 0. The second-order valence-corrected chi connectivity index (χ2v) is 4.47. The summed E-state index contributed by atoms with van der Waals surface area (Å²) in [6, 6.07) is 7.95. The Bertz CT molecular complexity index is 458. The van der Waals surface area contributed by atoms with Crippen molar-refractivity contribution in [3.8, 4) is 12.3 Å². The quantitative estimate of drug-likeness (QED) is 0.785. The smallest absolute Gasteiger partial charge is 0.228 e. The van der Waals surface area contributed by atoms with Gasteiger partial charge in [0.2, 0.25) is 5.91 Å². The van der Waals surface area contributed by atoms with Crippen LogP contribution in [0.3, 0.4) is 0 Å². The van der Waals surface area contributed by atoms with E-state index in [1.165, 1.54) is 5.56 Å². The highest BCUT2D eigenvalue weighted by Crippen LogP contribution is 2.34. The summed E-state index contributed by atoms with van der Waals surface area (Å²) in [5.74, 6) is 2.70.